The number of phenolic OH excluding ortho intramolecular Hbond substituents is 2. The number of nitrogen functional groups attached to an aromatic ring is 1. The van der Waals surface area contributed by atoms with Gasteiger partial charge in [-0.25, -0.2) is 0 Å². The third kappa shape index (κ3) is 3.25. The summed E-state index contributed by atoms with van der Waals surface area (Å²) in [5.41, 5.74) is 7.03. The molecule has 0 aliphatic heterocycles. The van der Waals surface area contributed by atoms with Crippen molar-refractivity contribution in [2.24, 2.45) is 0 Å². The molecule has 0 aromatic heterocycles. The first kappa shape index (κ1) is 14.7. The molecule has 21 heavy (non-hydrogen) atoms. The van der Waals surface area contributed by atoms with Gasteiger partial charge >= 0.3 is 0 Å². The average molecular weight is 286 g/mol. The SMILES string of the molecule is CCCN(C(=O)c1cc(O)ccc1O)c1ccc(N)cc1. The van der Waals surface area contributed by atoms with Gasteiger partial charge in [-0.3, -0.25) is 4.79 Å². The largest absolute Gasteiger partial charge is 0.508 e. The minimum Gasteiger partial charge on any atom is -0.508 e. The second kappa shape index (κ2) is 6.17. The molecular weight excluding hydrogens is 268 g/mol. The zero-order valence-electron chi connectivity index (χ0n) is 11.8. The summed E-state index contributed by atoms with van der Waals surface area (Å²) in [6.07, 6.45) is 0.760. The number of carbonyl (C=O) groups is 1. The quantitative estimate of drug-likeness (QED) is 0.596. The molecule has 0 saturated heterocycles. The number of phenols is 2. The van der Waals surface area contributed by atoms with Gasteiger partial charge in [-0.2, -0.15) is 0 Å². The predicted molar refractivity (Wildman–Crippen MR) is 82.6 cm³/mol. The van der Waals surface area contributed by atoms with Crippen LogP contribution in [-0.4, -0.2) is 22.7 Å². The topological polar surface area (TPSA) is 86.8 Å². The third-order valence-electron chi connectivity index (χ3n) is 3.11. The van der Waals surface area contributed by atoms with E-state index in [0.717, 1.165) is 6.42 Å². The van der Waals surface area contributed by atoms with Gasteiger partial charge in [0.25, 0.3) is 5.91 Å². The minimum atomic E-state index is -0.366. The second-order valence-corrected chi connectivity index (χ2v) is 4.75. The number of aromatic hydroxyl groups is 2. The highest BCUT2D eigenvalue weighted by atomic mass is 16.3. The highest BCUT2D eigenvalue weighted by Gasteiger charge is 2.20. The monoisotopic (exact) mass is 286 g/mol. The van der Waals surface area contributed by atoms with E-state index in [0.29, 0.717) is 17.9 Å². The van der Waals surface area contributed by atoms with E-state index < -0.39 is 0 Å². The van der Waals surface area contributed by atoms with Crippen LogP contribution in [0.25, 0.3) is 0 Å². The molecule has 5 heteroatoms. The van der Waals surface area contributed by atoms with Gasteiger partial charge in [-0.1, -0.05) is 6.92 Å². The number of hydrogen-bond acceptors (Lipinski definition) is 4. The summed E-state index contributed by atoms with van der Waals surface area (Å²) in [5, 5.41) is 19.3. The highest BCUT2D eigenvalue weighted by Crippen LogP contribution is 2.26. The van der Waals surface area contributed by atoms with E-state index in [1.165, 1.54) is 18.2 Å². The van der Waals surface area contributed by atoms with Crippen LogP contribution in [0.1, 0.15) is 23.7 Å². The fourth-order valence-electron chi connectivity index (χ4n) is 2.07. The summed E-state index contributed by atoms with van der Waals surface area (Å²) < 4.78 is 0. The Morgan fingerprint density at radius 2 is 1.81 bits per heavy atom. The summed E-state index contributed by atoms with van der Waals surface area (Å²) in [6.45, 7) is 2.46. The van der Waals surface area contributed by atoms with E-state index in [-0.39, 0.29) is 23.0 Å². The molecule has 0 saturated carbocycles. The molecular formula is C16H18N2O3. The fourth-order valence-corrected chi connectivity index (χ4v) is 2.07. The van der Waals surface area contributed by atoms with Gasteiger partial charge in [0.1, 0.15) is 11.5 Å². The Hall–Kier alpha value is -2.69. The Kier molecular flexibility index (Phi) is 4.33. The lowest BCUT2D eigenvalue weighted by molar-refractivity contribution is 0.0984. The van der Waals surface area contributed by atoms with Crippen molar-refractivity contribution in [2.45, 2.75) is 13.3 Å². The number of nitrogens with two attached hydrogens (primary N) is 1. The van der Waals surface area contributed by atoms with Crippen molar-refractivity contribution < 1.29 is 15.0 Å². The van der Waals surface area contributed by atoms with Gasteiger partial charge in [0.15, 0.2) is 0 Å². The summed E-state index contributed by atoms with van der Waals surface area (Å²) >= 11 is 0. The summed E-state index contributed by atoms with van der Waals surface area (Å²) in [7, 11) is 0. The maximum atomic E-state index is 12.6. The van der Waals surface area contributed by atoms with Crippen LogP contribution in [0.5, 0.6) is 11.5 Å². The third-order valence-corrected chi connectivity index (χ3v) is 3.11. The summed E-state index contributed by atoms with van der Waals surface area (Å²) in [5.74, 6) is -0.589. The molecule has 2 rings (SSSR count). The summed E-state index contributed by atoms with van der Waals surface area (Å²) in [4.78, 5) is 14.2. The van der Waals surface area contributed by atoms with Gasteiger partial charge < -0.3 is 20.8 Å². The number of anilines is 2. The average Bonchev–Trinajstić information content (AvgIpc) is 2.48. The van der Waals surface area contributed by atoms with Crippen molar-refractivity contribution in [3.63, 3.8) is 0 Å². The molecule has 110 valence electrons. The second-order valence-electron chi connectivity index (χ2n) is 4.75. The molecule has 0 fully saturated rings. The molecule has 0 aliphatic carbocycles. The lowest BCUT2D eigenvalue weighted by Crippen LogP contribution is -2.31. The first-order valence-corrected chi connectivity index (χ1v) is 6.72. The van der Waals surface area contributed by atoms with Gasteiger partial charge in [0.2, 0.25) is 0 Å². The van der Waals surface area contributed by atoms with Gasteiger partial charge in [0.05, 0.1) is 5.56 Å². The molecule has 0 bridgehead atoms. The van der Waals surface area contributed by atoms with Crippen LogP contribution in [0.2, 0.25) is 0 Å². The van der Waals surface area contributed by atoms with Crippen LogP contribution in [0.4, 0.5) is 11.4 Å². The van der Waals surface area contributed by atoms with Crippen molar-refractivity contribution in [1.29, 1.82) is 0 Å². The Morgan fingerprint density at radius 3 is 2.43 bits per heavy atom. The molecule has 5 nitrogen and oxygen atoms in total. The number of carbonyl (C=O) groups excluding carboxylic acids is 1. The minimum absolute atomic E-state index is 0.0649. The number of nitrogens with zero attached hydrogens (tertiary/aromatic N) is 1. The lowest BCUT2D eigenvalue weighted by atomic mass is 10.1. The molecule has 2 aromatic carbocycles. The van der Waals surface area contributed by atoms with Crippen LogP contribution in [0.3, 0.4) is 0 Å². The van der Waals surface area contributed by atoms with Gasteiger partial charge in [-0.05, 0) is 48.9 Å². The molecule has 2 aromatic rings. The number of hydrogen-bond donors (Lipinski definition) is 3. The van der Waals surface area contributed by atoms with Crippen LogP contribution in [0.15, 0.2) is 42.5 Å². The Bertz CT molecular complexity index is 638. The first-order valence-electron chi connectivity index (χ1n) is 6.72. The summed E-state index contributed by atoms with van der Waals surface area (Å²) in [6, 6.07) is 10.8. The Morgan fingerprint density at radius 1 is 1.14 bits per heavy atom. The lowest BCUT2D eigenvalue weighted by Gasteiger charge is -2.23. The van der Waals surface area contributed by atoms with Crippen LogP contribution < -0.4 is 10.6 Å². The van der Waals surface area contributed by atoms with Crippen LogP contribution >= 0.6 is 0 Å². The van der Waals surface area contributed by atoms with Gasteiger partial charge in [0, 0.05) is 17.9 Å². The normalized spacial score (nSPS) is 10.3. The predicted octanol–water partition coefficient (Wildman–Crippen LogP) is 2.74. The number of benzene rings is 2. The molecule has 1 amide bonds. The maximum absolute atomic E-state index is 12.6. The molecule has 0 atom stereocenters. The van der Waals surface area contributed by atoms with Gasteiger partial charge in [-0.15, -0.1) is 0 Å². The maximum Gasteiger partial charge on any atom is 0.262 e. The fraction of sp³-hybridized carbons (Fsp3) is 0.188. The smallest absolute Gasteiger partial charge is 0.262 e. The van der Waals surface area contributed by atoms with Crippen molar-refractivity contribution in [3.05, 3.63) is 48.0 Å². The standard InChI is InChI=1S/C16H18N2O3/c1-2-9-18(12-5-3-11(17)4-6-12)16(21)14-10-13(19)7-8-15(14)20/h3-8,10,19-20H,2,9,17H2,1H3. The molecule has 0 aliphatic rings. The van der Waals surface area contributed by atoms with E-state index in [4.69, 9.17) is 5.73 Å². The van der Waals surface area contributed by atoms with E-state index >= 15 is 0 Å². The number of rotatable bonds is 4. The van der Waals surface area contributed by atoms with E-state index in [1.54, 1.807) is 29.2 Å². The first-order chi connectivity index (χ1) is 10.0. The molecule has 0 spiro atoms. The molecule has 0 radical (unpaired) electrons. The van der Waals surface area contributed by atoms with Crippen molar-refractivity contribution in [3.8, 4) is 11.5 Å². The van der Waals surface area contributed by atoms with Crippen molar-refractivity contribution >= 4 is 17.3 Å². The van der Waals surface area contributed by atoms with E-state index in [1.807, 2.05) is 6.92 Å². The zero-order valence-corrected chi connectivity index (χ0v) is 11.8. The molecule has 0 heterocycles. The van der Waals surface area contributed by atoms with E-state index in [2.05, 4.69) is 0 Å². The Balaban J connectivity index is 2.39. The van der Waals surface area contributed by atoms with Crippen molar-refractivity contribution in [1.82, 2.24) is 0 Å². The van der Waals surface area contributed by atoms with Crippen LogP contribution in [0, 0.1) is 0 Å². The highest BCUT2D eigenvalue weighted by molar-refractivity contribution is 6.08. The number of amides is 1. The van der Waals surface area contributed by atoms with E-state index in [9.17, 15) is 15.0 Å². The zero-order chi connectivity index (χ0) is 15.4. The molecule has 4 N–H and O–H groups in total. The molecule has 0 unspecified atom stereocenters. The van der Waals surface area contributed by atoms with Crippen molar-refractivity contribution in [2.75, 3.05) is 17.2 Å². The van der Waals surface area contributed by atoms with Crippen LogP contribution in [-0.2, 0) is 0 Å². The Labute approximate surface area is 123 Å².